The van der Waals surface area contributed by atoms with Crippen LogP contribution in [0.3, 0.4) is 0 Å². The van der Waals surface area contributed by atoms with Crippen molar-refractivity contribution in [2.45, 2.75) is 12.6 Å². The number of anilines is 2. The minimum absolute atomic E-state index is 0.0544. The van der Waals surface area contributed by atoms with Gasteiger partial charge in [0.2, 0.25) is 0 Å². The van der Waals surface area contributed by atoms with E-state index >= 15 is 0 Å². The van der Waals surface area contributed by atoms with Crippen molar-refractivity contribution in [2.75, 3.05) is 30.7 Å². The summed E-state index contributed by atoms with van der Waals surface area (Å²) < 4.78 is 1.44. The molecule has 0 spiro atoms. The molecular weight excluding hydrogens is 208 g/mol. The fraction of sp³-hybridized carbons (Fsp3) is 0.556. The molecule has 1 aromatic rings. The van der Waals surface area contributed by atoms with Gasteiger partial charge in [0.05, 0.1) is 19.2 Å². The second-order valence-electron chi connectivity index (χ2n) is 3.67. The van der Waals surface area contributed by atoms with Gasteiger partial charge in [-0.05, 0) is 0 Å². The zero-order chi connectivity index (χ0) is 11.5. The van der Waals surface area contributed by atoms with E-state index in [1.807, 2.05) is 6.07 Å². The number of hydrogen-bond acceptors (Lipinski definition) is 6. The molecule has 2 rings (SSSR count). The predicted molar refractivity (Wildman–Crippen MR) is 58.7 cm³/mol. The van der Waals surface area contributed by atoms with Crippen LogP contribution in [0.15, 0.2) is 0 Å². The first kappa shape index (κ1) is 10.7. The van der Waals surface area contributed by atoms with Crippen molar-refractivity contribution in [2.24, 2.45) is 0 Å². The topological polar surface area (TPSA) is 112 Å². The lowest BCUT2D eigenvalue weighted by atomic mass is 10.2. The summed E-state index contributed by atoms with van der Waals surface area (Å²) in [5, 5.41) is 28.2. The Morgan fingerprint density at radius 2 is 2.44 bits per heavy atom. The van der Waals surface area contributed by atoms with Crippen LogP contribution in [-0.2, 0) is 6.54 Å². The van der Waals surface area contributed by atoms with Crippen molar-refractivity contribution in [3.05, 3.63) is 5.56 Å². The number of nitrogen functional groups attached to an aromatic ring is 1. The fourth-order valence-corrected chi connectivity index (χ4v) is 1.54. The average molecular weight is 222 g/mol. The van der Waals surface area contributed by atoms with Crippen LogP contribution in [0, 0.1) is 11.3 Å². The number of nitrogens with one attached hydrogen (secondary N) is 2. The summed E-state index contributed by atoms with van der Waals surface area (Å²) >= 11 is 0. The van der Waals surface area contributed by atoms with Crippen molar-refractivity contribution in [1.82, 2.24) is 15.1 Å². The first-order chi connectivity index (χ1) is 7.76. The maximum Gasteiger partial charge on any atom is 0.168 e. The third-order valence-electron chi connectivity index (χ3n) is 2.54. The van der Waals surface area contributed by atoms with Gasteiger partial charge < -0.3 is 21.5 Å². The lowest BCUT2D eigenvalue weighted by Gasteiger charge is -2.27. The van der Waals surface area contributed by atoms with Crippen LogP contribution in [0.1, 0.15) is 5.56 Å². The summed E-state index contributed by atoms with van der Waals surface area (Å²) in [5.74, 6) is 0.797. The Labute approximate surface area is 92.8 Å². The van der Waals surface area contributed by atoms with Crippen LogP contribution >= 0.6 is 0 Å². The number of hydrogen-bond donors (Lipinski definition) is 4. The van der Waals surface area contributed by atoms with E-state index in [1.54, 1.807) is 0 Å². The van der Waals surface area contributed by atoms with Gasteiger partial charge in [-0.1, -0.05) is 0 Å². The second kappa shape index (κ2) is 4.38. The minimum Gasteiger partial charge on any atom is -0.394 e. The van der Waals surface area contributed by atoms with E-state index < -0.39 is 0 Å². The molecule has 0 bridgehead atoms. The third-order valence-corrected chi connectivity index (χ3v) is 2.54. The fourth-order valence-electron chi connectivity index (χ4n) is 1.54. The molecule has 0 atom stereocenters. The molecule has 7 nitrogen and oxygen atoms in total. The van der Waals surface area contributed by atoms with E-state index in [2.05, 4.69) is 15.7 Å². The number of nitrogens with two attached hydrogens (primary N) is 1. The molecular formula is C9H14N6O. The second-order valence-corrected chi connectivity index (χ2v) is 3.67. The number of nitrogens with zero attached hydrogens (tertiary/aromatic N) is 3. The number of aromatic nitrogens is 2. The maximum absolute atomic E-state index is 8.98. The largest absolute Gasteiger partial charge is 0.394 e. The Bertz CT molecular complexity index is 416. The molecule has 1 aromatic heterocycles. The van der Waals surface area contributed by atoms with Gasteiger partial charge in [-0.3, -0.25) is 0 Å². The minimum atomic E-state index is -0.0544. The Morgan fingerprint density at radius 3 is 2.94 bits per heavy atom. The monoisotopic (exact) mass is 222 g/mol. The van der Waals surface area contributed by atoms with E-state index in [0.717, 1.165) is 13.1 Å². The van der Waals surface area contributed by atoms with E-state index in [9.17, 15) is 0 Å². The van der Waals surface area contributed by atoms with Gasteiger partial charge in [-0.15, -0.1) is 0 Å². The summed E-state index contributed by atoms with van der Waals surface area (Å²) in [6.07, 6.45) is 0. The van der Waals surface area contributed by atoms with Crippen LogP contribution in [0.4, 0.5) is 11.6 Å². The quantitative estimate of drug-likeness (QED) is 0.504. The van der Waals surface area contributed by atoms with Crippen molar-refractivity contribution < 1.29 is 5.11 Å². The molecule has 0 amide bonds. The van der Waals surface area contributed by atoms with Crippen molar-refractivity contribution >= 4 is 11.6 Å². The summed E-state index contributed by atoms with van der Waals surface area (Å²) in [4.78, 5) is 0. The first-order valence-electron chi connectivity index (χ1n) is 5.10. The summed E-state index contributed by atoms with van der Waals surface area (Å²) in [6, 6.07) is 2.32. The Hall–Kier alpha value is -1.78. The van der Waals surface area contributed by atoms with E-state index in [1.165, 1.54) is 4.68 Å². The smallest absolute Gasteiger partial charge is 0.168 e. The highest BCUT2D eigenvalue weighted by Crippen LogP contribution is 2.21. The van der Waals surface area contributed by atoms with Crippen LogP contribution < -0.4 is 16.4 Å². The summed E-state index contributed by atoms with van der Waals surface area (Å²) in [6.45, 7) is 1.96. The van der Waals surface area contributed by atoms with Crippen molar-refractivity contribution in [3.8, 4) is 6.07 Å². The summed E-state index contributed by atoms with van der Waals surface area (Å²) in [7, 11) is 0. The number of aliphatic hydroxyl groups is 1. The molecule has 5 N–H and O–H groups in total. The van der Waals surface area contributed by atoms with Crippen LogP contribution in [0.25, 0.3) is 0 Å². The molecule has 0 aliphatic carbocycles. The van der Waals surface area contributed by atoms with Gasteiger partial charge in [-0.2, -0.15) is 10.4 Å². The molecule has 1 aliphatic heterocycles. The normalized spacial score (nSPS) is 15.5. The van der Waals surface area contributed by atoms with E-state index in [4.69, 9.17) is 16.1 Å². The predicted octanol–water partition coefficient (Wildman–Crippen LogP) is -1.29. The molecule has 0 saturated carbocycles. The van der Waals surface area contributed by atoms with Crippen LogP contribution in [0.2, 0.25) is 0 Å². The molecule has 0 unspecified atom stereocenters. The van der Waals surface area contributed by atoms with Crippen LogP contribution in [-0.4, -0.2) is 40.6 Å². The van der Waals surface area contributed by atoms with Gasteiger partial charge >= 0.3 is 0 Å². The van der Waals surface area contributed by atoms with Gasteiger partial charge in [-0.25, -0.2) is 4.68 Å². The van der Waals surface area contributed by atoms with Crippen molar-refractivity contribution in [1.29, 1.82) is 5.26 Å². The molecule has 1 saturated heterocycles. The zero-order valence-electron chi connectivity index (χ0n) is 8.77. The Balaban J connectivity index is 2.21. The SMILES string of the molecule is N#Cc1c(NC2CNC2)nn(CCO)c1N. The van der Waals surface area contributed by atoms with E-state index in [0.29, 0.717) is 29.8 Å². The number of rotatable bonds is 4. The lowest BCUT2D eigenvalue weighted by molar-refractivity contribution is 0.270. The van der Waals surface area contributed by atoms with Gasteiger partial charge in [0.15, 0.2) is 5.82 Å². The standard InChI is InChI=1S/C9H14N6O/c10-3-7-8(11)15(1-2-16)14-9(7)13-6-4-12-5-6/h6,12,16H,1-2,4-5,11H2,(H,13,14). The number of aliphatic hydroxyl groups excluding tert-OH is 1. The molecule has 86 valence electrons. The molecule has 1 aliphatic rings. The zero-order valence-corrected chi connectivity index (χ0v) is 8.77. The Kier molecular flexibility index (Phi) is 2.94. The van der Waals surface area contributed by atoms with Gasteiger partial charge in [0, 0.05) is 13.1 Å². The maximum atomic E-state index is 8.98. The third kappa shape index (κ3) is 1.80. The highest BCUT2D eigenvalue weighted by molar-refractivity contribution is 5.64. The highest BCUT2D eigenvalue weighted by Gasteiger charge is 2.21. The lowest BCUT2D eigenvalue weighted by Crippen LogP contribution is -2.51. The molecule has 1 fully saturated rings. The van der Waals surface area contributed by atoms with Crippen molar-refractivity contribution in [3.63, 3.8) is 0 Å². The molecule has 16 heavy (non-hydrogen) atoms. The summed E-state index contributed by atoms with van der Waals surface area (Å²) in [5.41, 5.74) is 6.09. The molecule has 0 radical (unpaired) electrons. The molecule has 7 heteroatoms. The highest BCUT2D eigenvalue weighted by atomic mass is 16.3. The molecule has 2 heterocycles. The number of nitriles is 1. The van der Waals surface area contributed by atoms with E-state index in [-0.39, 0.29) is 6.61 Å². The van der Waals surface area contributed by atoms with Gasteiger partial charge in [0.25, 0.3) is 0 Å². The molecule has 0 aromatic carbocycles. The Morgan fingerprint density at radius 1 is 1.69 bits per heavy atom. The van der Waals surface area contributed by atoms with Gasteiger partial charge in [0.1, 0.15) is 17.5 Å². The average Bonchev–Trinajstić information content (AvgIpc) is 2.50. The van der Waals surface area contributed by atoms with Crippen LogP contribution in [0.5, 0.6) is 0 Å². The first-order valence-corrected chi connectivity index (χ1v) is 5.10.